The SMILES string of the molecule is NCc1ccc(C(=O)N2CCC(NC(=O)Nc3ccccc3)CC2)cc1. The van der Waals surface area contributed by atoms with Crippen LogP contribution in [0.1, 0.15) is 28.8 Å². The number of hydrogen-bond acceptors (Lipinski definition) is 3. The Morgan fingerprint density at radius 2 is 1.65 bits per heavy atom. The van der Waals surface area contributed by atoms with Crippen molar-refractivity contribution < 1.29 is 9.59 Å². The quantitative estimate of drug-likeness (QED) is 0.790. The summed E-state index contributed by atoms with van der Waals surface area (Å²) in [7, 11) is 0. The highest BCUT2D eigenvalue weighted by molar-refractivity contribution is 5.94. The number of likely N-dealkylation sites (tertiary alicyclic amines) is 1. The van der Waals surface area contributed by atoms with E-state index in [-0.39, 0.29) is 18.0 Å². The number of para-hydroxylation sites is 1. The summed E-state index contributed by atoms with van der Waals surface area (Å²) in [4.78, 5) is 26.5. The molecule has 1 heterocycles. The number of nitrogens with zero attached hydrogens (tertiary/aromatic N) is 1. The van der Waals surface area contributed by atoms with Crippen molar-refractivity contribution in [1.29, 1.82) is 0 Å². The third-order valence-electron chi connectivity index (χ3n) is 4.59. The predicted molar refractivity (Wildman–Crippen MR) is 102 cm³/mol. The van der Waals surface area contributed by atoms with E-state index in [0.717, 1.165) is 24.1 Å². The highest BCUT2D eigenvalue weighted by Gasteiger charge is 2.24. The van der Waals surface area contributed by atoms with Gasteiger partial charge in [0.1, 0.15) is 0 Å². The number of hydrogen-bond donors (Lipinski definition) is 3. The lowest BCUT2D eigenvalue weighted by molar-refractivity contribution is 0.0709. The van der Waals surface area contributed by atoms with Crippen molar-refractivity contribution in [2.45, 2.75) is 25.4 Å². The van der Waals surface area contributed by atoms with Crippen molar-refractivity contribution >= 4 is 17.6 Å². The Morgan fingerprint density at radius 1 is 1.00 bits per heavy atom. The van der Waals surface area contributed by atoms with Gasteiger partial charge in [-0.25, -0.2) is 4.79 Å². The molecule has 0 bridgehead atoms. The number of carbonyl (C=O) groups is 2. The van der Waals surface area contributed by atoms with Crippen molar-refractivity contribution in [1.82, 2.24) is 10.2 Å². The summed E-state index contributed by atoms with van der Waals surface area (Å²) in [6.45, 7) is 1.73. The van der Waals surface area contributed by atoms with Gasteiger partial charge in [-0.1, -0.05) is 30.3 Å². The Kier molecular flexibility index (Phi) is 5.86. The molecule has 0 atom stereocenters. The lowest BCUT2D eigenvalue weighted by Crippen LogP contribution is -2.47. The van der Waals surface area contributed by atoms with Crippen LogP contribution in [0.15, 0.2) is 54.6 Å². The Morgan fingerprint density at radius 3 is 2.27 bits per heavy atom. The highest BCUT2D eigenvalue weighted by atomic mass is 16.2. The highest BCUT2D eigenvalue weighted by Crippen LogP contribution is 2.15. The second kappa shape index (κ2) is 8.49. The van der Waals surface area contributed by atoms with Gasteiger partial charge >= 0.3 is 6.03 Å². The van der Waals surface area contributed by atoms with Crippen molar-refractivity contribution in [3.63, 3.8) is 0 Å². The average Bonchev–Trinajstić information content (AvgIpc) is 2.69. The van der Waals surface area contributed by atoms with E-state index >= 15 is 0 Å². The minimum atomic E-state index is -0.210. The number of piperidine rings is 1. The number of nitrogens with two attached hydrogens (primary N) is 1. The zero-order chi connectivity index (χ0) is 18.4. The van der Waals surface area contributed by atoms with Crippen LogP contribution in [-0.2, 0) is 6.54 Å². The molecule has 3 amide bonds. The molecule has 1 saturated heterocycles. The number of anilines is 1. The van der Waals surface area contributed by atoms with Crippen LogP contribution >= 0.6 is 0 Å². The van der Waals surface area contributed by atoms with Gasteiger partial charge in [-0.05, 0) is 42.7 Å². The van der Waals surface area contributed by atoms with Gasteiger partial charge in [-0.15, -0.1) is 0 Å². The van der Waals surface area contributed by atoms with Crippen LogP contribution < -0.4 is 16.4 Å². The molecule has 6 nitrogen and oxygen atoms in total. The molecule has 136 valence electrons. The lowest BCUT2D eigenvalue weighted by Gasteiger charge is -2.32. The first-order chi connectivity index (χ1) is 12.7. The van der Waals surface area contributed by atoms with Gasteiger partial charge in [0.2, 0.25) is 0 Å². The van der Waals surface area contributed by atoms with Crippen LogP contribution in [0.3, 0.4) is 0 Å². The first-order valence-electron chi connectivity index (χ1n) is 8.86. The van der Waals surface area contributed by atoms with Gasteiger partial charge in [-0.2, -0.15) is 0 Å². The molecule has 4 N–H and O–H groups in total. The molecule has 6 heteroatoms. The van der Waals surface area contributed by atoms with Crippen molar-refractivity contribution in [2.24, 2.45) is 5.73 Å². The summed E-state index contributed by atoms with van der Waals surface area (Å²) in [6, 6.07) is 16.6. The number of benzene rings is 2. The molecule has 0 saturated carbocycles. The Hall–Kier alpha value is -2.86. The van der Waals surface area contributed by atoms with Gasteiger partial charge in [0, 0.05) is 36.9 Å². The predicted octanol–water partition coefficient (Wildman–Crippen LogP) is 2.57. The Labute approximate surface area is 153 Å². The topological polar surface area (TPSA) is 87.5 Å². The van der Waals surface area contributed by atoms with E-state index in [2.05, 4.69) is 10.6 Å². The number of urea groups is 1. The summed E-state index contributed by atoms with van der Waals surface area (Å²) in [5, 5.41) is 5.80. The van der Waals surface area contributed by atoms with Gasteiger partial charge in [0.25, 0.3) is 5.91 Å². The molecule has 0 unspecified atom stereocenters. The third-order valence-corrected chi connectivity index (χ3v) is 4.59. The average molecular weight is 352 g/mol. The number of nitrogens with one attached hydrogen (secondary N) is 2. The van der Waals surface area contributed by atoms with E-state index in [0.29, 0.717) is 25.2 Å². The molecule has 1 fully saturated rings. The molecule has 26 heavy (non-hydrogen) atoms. The first kappa shape index (κ1) is 17.9. The van der Waals surface area contributed by atoms with Gasteiger partial charge in [-0.3, -0.25) is 4.79 Å². The molecule has 0 spiro atoms. The van der Waals surface area contributed by atoms with Crippen LogP contribution in [0.5, 0.6) is 0 Å². The lowest BCUT2D eigenvalue weighted by atomic mass is 10.0. The molecule has 2 aromatic rings. The third kappa shape index (κ3) is 4.61. The summed E-state index contributed by atoms with van der Waals surface area (Å²) in [5.41, 5.74) is 8.03. The number of amides is 3. The number of carbonyl (C=O) groups excluding carboxylic acids is 2. The Bertz CT molecular complexity index is 738. The monoisotopic (exact) mass is 352 g/mol. The molecule has 0 radical (unpaired) electrons. The maximum atomic E-state index is 12.6. The fourth-order valence-corrected chi connectivity index (χ4v) is 3.07. The van der Waals surface area contributed by atoms with Gasteiger partial charge in [0.05, 0.1) is 0 Å². The van der Waals surface area contributed by atoms with Crippen LogP contribution in [0.25, 0.3) is 0 Å². The molecule has 0 aliphatic carbocycles. The molecular formula is C20H24N4O2. The Balaban J connectivity index is 1.47. The molecular weight excluding hydrogens is 328 g/mol. The minimum absolute atomic E-state index is 0.0285. The summed E-state index contributed by atoms with van der Waals surface area (Å²) in [5.74, 6) is 0.0285. The largest absolute Gasteiger partial charge is 0.338 e. The second-order valence-corrected chi connectivity index (χ2v) is 6.43. The van der Waals surface area contributed by atoms with Crippen LogP contribution in [-0.4, -0.2) is 36.0 Å². The maximum absolute atomic E-state index is 12.6. The van der Waals surface area contributed by atoms with Crippen LogP contribution in [0.4, 0.5) is 10.5 Å². The molecule has 1 aliphatic rings. The van der Waals surface area contributed by atoms with E-state index in [9.17, 15) is 9.59 Å². The molecule has 1 aliphatic heterocycles. The van der Waals surface area contributed by atoms with Gasteiger partial charge < -0.3 is 21.3 Å². The van der Waals surface area contributed by atoms with Crippen molar-refractivity contribution in [2.75, 3.05) is 18.4 Å². The van der Waals surface area contributed by atoms with Crippen molar-refractivity contribution in [3.05, 3.63) is 65.7 Å². The second-order valence-electron chi connectivity index (χ2n) is 6.43. The fourth-order valence-electron chi connectivity index (χ4n) is 3.07. The molecule has 2 aromatic carbocycles. The zero-order valence-corrected chi connectivity index (χ0v) is 14.7. The van der Waals surface area contributed by atoms with E-state index in [1.165, 1.54) is 0 Å². The maximum Gasteiger partial charge on any atom is 0.319 e. The fraction of sp³-hybridized carbons (Fsp3) is 0.300. The summed E-state index contributed by atoms with van der Waals surface area (Å²) < 4.78 is 0. The number of rotatable bonds is 4. The van der Waals surface area contributed by atoms with Crippen molar-refractivity contribution in [3.8, 4) is 0 Å². The van der Waals surface area contributed by atoms with Gasteiger partial charge in [0.15, 0.2) is 0 Å². The molecule has 3 rings (SSSR count). The van der Waals surface area contributed by atoms with Crippen LogP contribution in [0, 0.1) is 0 Å². The standard InChI is InChI=1S/C20H24N4O2/c21-14-15-6-8-16(9-7-15)19(25)24-12-10-18(11-13-24)23-20(26)22-17-4-2-1-3-5-17/h1-9,18H,10-14,21H2,(H2,22,23,26). The van der Waals surface area contributed by atoms with E-state index < -0.39 is 0 Å². The normalized spacial score (nSPS) is 14.7. The van der Waals surface area contributed by atoms with E-state index in [1.807, 2.05) is 59.5 Å². The van der Waals surface area contributed by atoms with E-state index in [1.54, 1.807) is 0 Å². The smallest absolute Gasteiger partial charge is 0.319 e. The molecule has 0 aromatic heterocycles. The zero-order valence-electron chi connectivity index (χ0n) is 14.7. The minimum Gasteiger partial charge on any atom is -0.338 e. The summed E-state index contributed by atoms with van der Waals surface area (Å²) in [6.07, 6.45) is 1.49. The summed E-state index contributed by atoms with van der Waals surface area (Å²) >= 11 is 0. The van der Waals surface area contributed by atoms with Crippen LogP contribution in [0.2, 0.25) is 0 Å². The van der Waals surface area contributed by atoms with E-state index in [4.69, 9.17) is 5.73 Å². The first-order valence-corrected chi connectivity index (χ1v) is 8.86.